The highest BCUT2D eigenvalue weighted by molar-refractivity contribution is 5.85. The third-order valence-electron chi connectivity index (χ3n) is 4.68. The van der Waals surface area contributed by atoms with Crippen molar-refractivity contribution in [3.63, 3.8) is 0 Å². The predicted octanol–water partition coefficient (Wildman–Crippen LogP) is 2.82. The van der Waals surface area contributed by atoms with E-state index in [0.29, 0.717) is 29.8 Å². The topological polar surface area (TPSA) is 111 Å². The van der Waals surface area contributed by atoms with E-state index in [2.05, 4.69) is 27.3 Å². The lowest BCUT2D eigenvalue weighted by Crippen LogP contribution is -2.22. The van der Waals surface area contributed by atoms with Crippen molar-refractivity contribution in [3.8, 4) is 5.75 Å². The van der Waals surface area contributed by atoms with Crippen LogP contribution in [-0.4, -0.2) is 44.6 Å². The molecule has 3 aromatic rings. The molecule has 1 aromatic carbocycles. The van der Waals surface area contributed by atoms with Crippen molar-refractivity contribution < 1.29 is 9.84 Å². The molecule has 0 aliphatic heterocycles. The van der Waals surface area contributed by atoms with Crippen LogP contribution in [0.3, 0.4) is 0 Å². The summed E-state index contributed by atoms with van der Waals surface area (Å²) in [5.41, 5.74) is 8.29. The number of ether oxygens (including phenoxy) is 1. The first-order valence-electron chi connectivity index (χ1n) is 9.64. The Bertz CT molecular complexity index is 911. The highest BCUT2D eigenvalue weighted by atomic mass is 16.5. The summed E-state index contributed by atoms with van der Waals surface area (Å²) in [7, 11) is 1.66. The maximum absolute atomic E-state index is 9.37. The lowest BCUT2D eigenvalue weighted by molar-refractivity contribution is 0.276. The first-order valence-corrected chi connectivity index (χ1v) is 9.64. The summed E-state index contributed by atoms with van der Waals surface area (Å²) < 4.78 is 7.24. The van der Waals surface area contributed by atoms with E-state index < -0.39 is 0 Å². The number of rotatable bonds is 10. The van der Waals surface area contributed by atoms with Crippen molar-refractivity contribution in [2.45, 2.75) is 45.2 Å². The number of unbranched alkanes of at least 4 members (excludes halogenated alkanes) is 1. The van der Waals surface area contributed by atoms with Crippen LogP contribution in [0.15, 0.2) is 30.5 Å². The molecule has 2 aromatic heterocycles. The first-order chi connectivity index (χ1) is 13.6. The predicted molar refractivity (Wildman–Crippen MR) is 110 cm³/mol. The number of fused-ring (bicyclic) bond motifs is 1. The van der Waals surface area contributed by atoms with E-state index in [9.17, 15) is 5.11 Å². The zero-order chi connectivity index (χ0) is 19.9. The number of nitrogens with zero attached hydrogens (tertiary/aromatic N) is 4. The highest BCUT2D eigenvalue weighted by Crippen LogP contribution is 2.24. The van der Waals surface area contributed by atoms with Crippen LogP contribution in [-0.2, 0) is 6.54 Å². The molecule has 8 heteroatoms. The average Bonchev–Trinajstić information content (AvgIpc) is 3.09. The molecule has 0 spiro atoms. The fourth-order valence-electron chi connectivity index (χ4n) is 3.26. The molecule has 0 amide bonds. The lowest BCUT2D eigenvalue weighted by atomic mass is 10.1. The van der Waals surface area contributed by atoms with Gasteiger partial charge in [0, 0.05) is 18.2 Å². The van der Waals surface area contributed by atoms with Gasteiger partial charge in [-0.25, -0.2) is 4.98 Å². The molecule has 28 heavy (non-hydrogen) atoms. The number of methoxy groups -OCH3 is 1. The minimum absolute atomic E-state index is 0.113. The molecule has 1 unspecified atom stereocenters. The van der Waals surface area contributed by atoms with Crippen LogP contribution in [0.1, 0.15) is 38.2 Å². The molecule has 0 saturated heterocycles. The van der Waals surface area contributed by atoms with E-state index in [0.717, 1.165) is 30.6 Å². The van der Waals surface area contributed by atoms with E-state index in [1.807, 2.05) is 35.1 Å². The van der Waals surface area contributed by atoms with Crippen LogP contribution >= 0.6 is 0 Å². The zero-order valence-electron chi connectivity index (χ0n) is 16.4. The van der Waals surface area contributed by atoms with Crippen molar-refractivity contribution in [2.24, 2.45) is 0 Å². The monoisotopic (exact) mass is 384 g/mol. The highest BCUT2D eigenvalue weighted by Gasteiger charge is 2.16. The summed E-state index contributed by atoms with van der Waals surface area (Å²) in [6, 6.07) is 7.96. The van der Waals surface area contributed by atoms with Gasteiger partial charge in [-0.15, -0.1) is 0 Å². The summed E-state index contributed by atoms with van der Waals surface area (Å²) in [5, 5.41) is 17.5. The van der Waals surface area contributed by atoms with E-state index in [1.54, 1.807) is 7.11 Å². The van der Waals surface area contributed by atoms with E-state index in [1.165, 1.54) is 0 Å². The Morgan fingerprint density at radius 1 is 1.25 bits per heavy atom. The Labute approximate surface area is 164 Å². The van der Waals surface area contributed by atoms with Crippen molar-refractivity contribution >= 4 is 22.8 Å². The van der Waals surface area contributed by atoms with Crippen LogP contribution in [0.25, 0.3) is 11.0 Å². The molecule has 0 saturated carbocycles. The minimum Gasteiger partial charge on any atom is -0.496 e. The molecule has 0 radical (unpaired) electrons. The number of nitrogens with two attached hydrogens (primary N) is 1. The van der Waals surface area contributed by atoms with Crippen LogP contribution in [0.4, 0.5) is 11.8 Å². The molecular weight excluding hydrogens is 356 g/mol. The van der Waals surface area contributed by atoms with Crippen LogP contribution in [0.2, 0.25) is 0 Å². The largest absolute Gasteiger partial charge is 0.496 e. The molecule has 2 heterocycles. The van der Waals surface area contributed by atoms with Gasteiger partial charge < -0.3 is 20.9 Å². The quantitative estimate of drug-likeness (QED) is 0.493. The number of nitrogens with one attached hydrogen (secondary N) is 1. The Morgan fingerprint density at radius 3 is 2.82 bits per heavy atom. The summed E-state index contributed by atoms with van der Waals surface area (Å²) in [6.45, 7) is 2.82. The number of benzene rings is 1. The Hall–Kier alpha value is -2.87. The van der Waals surface area contributed by atoms with Gasteiger partial charge in [0.15, 0.2) is 11.3 Å². The SMILES string of the molecule is CCCCC(CCO)Nc1nc(N)nc2cn(Cc3ccccc3OC)nc12. The number of hydrogen-bond acceptors (Lipinski definition) is 7. The van der Waals surface area contributed by atoms with Crippen molar-refractivity contribution in [1.82, 2.24) is 19.7 Å². The maximum Gasteiger partial charge on any atom is 0.222 e. The van der Waals surface area contributed by atoms with Gasteiger partial charge in [0.2, 0.25) is 5.95 Å². The lowest BCUT2D eigenvalue weighted by Gasteiger charge is -2.18. The zero-order valence-corrected chi connectivity index (χ0v) is 16.4. The van der Waals surface area contributed by atoms with Gasteiger partial charge in [-0.05, 0) is 18.9 Å². The standard InChI is InChI=1S/C20H28N6O2/c1-3-4-8-15(10-11-27)22-19-18-16(23-20(21)24-19)13-26(25-18)12-14-7-5-6-9-17(14)28-2/h5-7,9,13,15,27H,3-4,8,10-12H2,1-2H3,(H3,21,22,23,24). The van der Waals surface area contributed by atoms with E-state index in [-0.39, 0.29) is 18.6 Å². The summed E-state index contributed by atoms with van der Waals surface area (Å²) >= 11 is 0. The normalized spacial score (nSPS) is 12.2. The van der Waals surface area contributed by atoms with E-state index >= 15 is 0 Å². The minimum atomic E-state index is 0.113. The van der Waals surface area contributed by atoms with Gasteiger partial charge >= 0.3 is 0 Å². The fraction of sp³-hybridized carbons (Fsp3) is 0.450. The fourth-order valence-corrected chi connectivity index (χ4v) is 3.26. The van der Waals surface area contributed by atoms with Gasteiger partial charge in [-0.2, -0.15) is 10.1 Å². The number of aliphatic hydroxyl groups excluding tert-OH is 1. The Balaban J connectivity index is 1.89. The molecule has 0 bridgehead atoms. The van der Waals surface area contributed by atoms with Gasteiger partial charge in [-0.1, -0.05) is 38.0 Å². The Kier molecular flexibility index (Phi) is 6.65. The van der Waals surface area contributed by atoms with Gasteiger partial charge in [0.1, 0.15) is 11.3 Å². The van der Waals surface area contributed by atoms with Gasteiger partial charge in [0.25, 0.3) is 0 Å². The van der Waals surface area contributed by atoms with Crippen LogP contribution in [0.5, 0.6) is 5.75 Å². The smallest absolute Gasteiger partial charge is 0.222 e. The summed E-state index contributed by atoms with van der Waals surface area (Å²) in [5.74, 6) is 1.62. The second kappa shape index (κ2) is 9.36. The number of aliphatic hydroxyl groups is 1. The van der Waals surface area contributed by atoms with Gasteiger partial charge in [0.05, 0.1) is 19.9 Å². The number of anilines is 2. The summed E-state index contributed by atoms with van der Waals surface area (Å²) in [4.78, 5) is 8.68. The Morgan fingerprint density at radius 2 is 2.07 bits per heavy atom. The van der Waals surface area contributed by atoms with Crippen molar-refractivity contribution in [3.05, 3.63) is 36.0 Å². The number of aromatic nitrogens is 4. The third kappa shape index (κ3) is 4.69. The average molecular weight is 384 g/mol. The van der Waals surface area contributed by atoms with Crippen molar-refractivity contribution in [2.75, 3.05) is 24.8 Å². The number of nitrogen functional groups attached to an aromatic ring is 1. The number of hydrogen-bond donors (Lipinski definition) is 3. The van der Waals surface area contributed by atoms with Crippen LogP contribution in [0, 0.1) is 0 Å². The molecule has 3 rings (SSSR count). The van der Waals surface area contributed by atoms with Crippen LogP contribution < -0.4 is 15.8 Å². The molecule has 4 N–H and O–H groups in total. The summed E-state index contributed by atoms with van der Waals surface area (Å²) in [6.07, 6.45) is 5.62. The number of para-hydroxylation sites is 1. The third-order valence-corrected chi connectivity index (χ3v) is 4.68. The maximum atomic E-state index is 9.37. The molecule has 0 fully saturated rings. The second-order valence-corrected chi connectivity index (χ2v) is 6.80. The first kappa shape index (κ1) is 19.9. The second-order valence-electron chi connectivity index (χ2n) is 6.80. The molecule has 150 valence electrons. The van der Waals surface area contributed by atoms with Crippen molar-refractivity contribution in [1.29, 1.82) is 0 Å². The van der Waals surface area contributed by atoms with Gasteiger partial charge in [-0.3, -0.25) is 4.68 Å². The molecule has 0 aliphatic rings. The molecule has 8 nitrogen and oxygen atoms in total. The molecular formula is C20H28N6O2. The molecule has 1 atom stereocenters. The molecule has 0 aliphatic carbocycles. The van der Waals surface area contributed by atoms with E-state index in [4.69, 9.17) is 10.5 Å².